The first-order valence-corrected chi connectivity index (χ1v) is 16.9. The van der Waals surface area contributed by atoms with Crippen LogP contribution in [0.4, 0.5) is 0 Å². The van der Waals surface area contributed by atoms with E-state index in [0.717, 1.165) is 31.2 Å². The van der Waals surface area contributed by atoms with Gasteiger partial charge in [0.05, 0.1) is 18.6 Å². The second-order valence-electron chi connectivity index (χ2n) is 13.2. The molecule has 46 heavy (non-hydrogen) atoms. The van der Waals surface area contributed by atoms with E-state index in [1.807, 2.05) is 45.0 Å². The molecule has 7 heteroatoms. The largest absolute Gasteiger partial charge is 0.456 e. The van der Waals surface area contributed by atoms with Crippen LogP contribution in [0, 0.1) is 36.0 Å². The Morgan fingerprint density at radius 3 is 2.52 bits per heavy atom. The molecule has 1 aromatic carbocycles. The number of carbonyl (C=O) groups is 2. The van der Waals surface area contributed by atoms with Crippen LogP contribution in [0.1, 0.15) is 91.5 Å². The van der Waals surface area contributed by atoms with Gasteiger partial charge in [0.15, 0.2) is 5.79 Å². The van der Waals surface area contributed by atoms with Gasteiger partial charge in [-0.2, -0.15) is 0 Å². The minimum atomic E-state index is -1.67. The fourth-order valence-corrected chi connectivity index (χ4v) is 6.68. The van der Waals surface area contributed by atoms with Gasteiger partial charge in [0.1, 0.15) is 12.1 Å². The summed E-state index contributed by atoms with van der Waals surface area (Å²) < 4.78 is 12.4. The molecule has 3 aliphatic rings. The van der Waals surface area contributed by atoms with Crippen molar-refractivity contribution in [2.45, 2.75) is 123 Å². The standard InChI is InChI=1S/C36H49NO6.C3H4/c1-5-29(23-28-16-10-8-11-17-28)32-19-12-7-6-9-15-25(2)34(39)27(4)31-21-20-26(3)36(41,43-31)24-33(38)37-22-14-13-18-30(37)35(40)42-32;1-3-2/h8-11,16-17,19,25-27,29-32,34,39,41H,5,13-15,18,20-24H2,1-4H3;1H,2H3. The summed E-state index contributed by atoms with van der Waals surface area (Å²) in [6.45, 7) is 9.96. The molecule has 0 spiro atoms. The lowest BCUT2D eigenvalue weighted by Crippen LogP contribution is -2.55. The predicted molar refractivity (Wildman–Crippen MR) is 179 cm³/mol. The van der Waals surface area contributed by atoms with E-state index >= 15 is 0 Å². The second-order valence-corrected chi connectivity index (χ2v) is 13.2. The number of amides is 1. The van der Waals surface area contributed by atoms with E-state index in [1.54, 1.807) is 17.9 Å². The van der Waals surface area contributed by atoms with Crippen LogP contribution in [0.2, 0.25) is 0 Å². The first-order valence-electron chi connectivity index (χ1n) is 16.9. The zero-order valence-corrected chi connectivity index (χ0v) is 28.3. The smallest absolute Gasteiger partial charge is 0.329 e. The maximum Gasteiger partial charge on any atom is 0.329 e. The summed E-state index contributed by atoms with van der Waals surface area (Å²) in [4.78, 5) is 29.1. The number of benzene rings is 1. The average Bonchev–Trinajstić information content (AvgIpc) is 3.05. The molecule has 2 N–H and O–H groups in total. The van der Waals surface area contributed by atoms with E-state index < -0.39 is 36.1 Å². The first-order chi connectivity index (χ1) is 22.0. The van der Waals surface area contributed by atoms with E-state index in [0.29, 0.717) is 32.2 Å². The van der Waals surface area contributed by atoms with Crippen molar-refractivity contribution in [1.29, 1.82) is 0 Å². The quantitative estimate of drug-likeness (QED) is 0.236. The molecule has 0 aliphatic carbocycles. The molecule has 1 aromatic rings. The van der Waals surface area contributed by atoms with E-state index in [4.69, 9.17) is 9.47 Å². The highest BCUT2D eigenvalue weighted by atomic mass is 16.6. The molecule has 9 unspecified atom stereocenters. The van der Waals surface area contributed by atoms with Crippen LogP contribution in [0.25, 0.3) is 0 Å². The van der Waals surface area contributed by atoms with E-state index in [2.05, 4.69) is 48.6 Å². The number of hydrogen-bond acceptors (Lipinski definition) is 6. The summed E-state index contributed by atoms with van der Waals surface area (Å²) in [5.74, 6) is -0.765. The zero-order valence-electron chi connectivity index (χ0n) is 28.3. The Hall–Kier alpha value is -3.32. The number of hydrogen-bond donors (Lipinski definition) is 2. The third kappa shape index (κ3) is 10.1. The Bertz CT molecular complexity index is 1320. The fraction of sp³-hybridized carbons (Fsp3) is 0.615. The van der Waals surface area contributed by atoms with Gasteiger partial charge in [-0.3, -0.25) is 4.79 Å². The van der Waals surface area contributed by atoms with Gasteiger partial charge < -0.3 is 24.6 Å². The molecule has 250 valence electrons. The Labute approximate surface area is 276 Å². The number of rotatable bonds is 4. The summed E-state index contributed by atoms with van der Waals surface area (Å²) in [6, 6.07) is 9.39. The van der Waals surface area contributed by atoms with Gasteiger partial charge in [-0.05, 0) is 81.6 Å². The van der Waals surface area contributed by atoms with Crippen molar-refractivity contribution in [2.24, 2.45) is 23.7 Å². The van der Waals surface area contributed by atoms with Gasteiger partial charge in [0.25, 0.3) is 0 Å². The molecule has 9 atom stereocenters. The van der Waals surface area contributed by atoms with Gasteiger partial charge in [0, 0.05) is 30.4 Å². The summed E-state index contributed by atoms with van der Waals surface area (Å²) >= 11 is 0. The minimum absolute atomic E-state index is 0.00253. The fourth-order valence-electron chi connectivity index (χ4n) is 6.68. The highest BCUT2D eigenvalue weighted by Crippen LogP contribution is 2.39. The summed E-state index contributed by atoms with van der Waals surface area (Å²) in [5.41, 5.74) is 10.1. The van der Waals surface area contributed by atoms with Crippen molar-refractivity contribution in [2.75, 3.05) is 6.54 Å². The number of carbonyl (C=O) groups excluding carboxylic acids is 2. The summed E-state index contributed by atoms with van der Waals surface area (Å²) in [5, 5.41) is 22.8. The summed E-state index contributed by atoms with van der Waals surface area (Å²) in [7, 11) is 0. The van der Waals surface area contributed by atoms with Crippen molar-refractivity contribution >= 4 is 11.9 Å². The molecule has 2 saturated heterocycles. The lowest BCUT2D eigenvalue weighted by molar-refractivity contribution is -0.293. The maximum atomic E-state index is 13.8. The van der Waals surface area contributed by atoms with Gasteiger partial charge in [0.2, 0.25) is 5.91 Å². The molecular formula is C39H53NO6. The van der Waals surface area contributed by atoms with Crippen LogP contribution in [-0.2, 0) is 25.5 Å². The van der Waals surface area contributed by atoms with Crippen LogP contribution < -0.4 is 0 Å². The van der Waals surface area contributed by atoms with Gasteiger partial charge in [-0.15, -0.1) is 12.3 Å². The number of esters is 1. The number of aliphatic hydroxyl groups is 2. The third-order valence-electron chi connectivity index (χ3n) is 9.78. The Balaban J connectivity index is 0.00000185. The highest BCUT2D eigenvalue weighted by molar-refractivity contribution is 5.85. The molecule has 2 fully saturated rings. The van der Waals surface area contributed by atoms with Gasteiger partial charge in [-0.25, -0.2) is 4.79 Å². The molecule has 7 nitrogen and oxygen atoms in total. The average molecular weight is 632 g/mol. The van der Waals surface area contributed by atoms with Crippen LogP contribution in [0.15, 0.2) is 59.7 Å². The summed E-state index contributed by atoms with van der Waals surface area (Å²) in [6.07, 6.45) is 11.8. The molecule has 4 rings (SSSR count). The number of piperidine rings is 1. The molecule has 2 bridgehead atoms. The van der Waals surface area contributed by atoms with Crippen molar-refractivity contribution in [3.63, 3.8) is 0 Å². The molecule has 0 aromatic heterocycles. The number of aliphatic hydroxyl groups excluding tert-OH is 1. The van der Waals surface area contributed by atoms with Crippen LogP contribution in [-0.4, -0.2) is 63.7 Å². The van der Waals surface area contributed by atoms with E-state index in [-0.39, 0.29) is 36.0 Å². The Morgan fingerprint density at radius 1 is 1.11 bits per heavy atom. The lowest BCUT2D eigenvalue weighted by Gasteiger charge is -2.46. The number of fused-ring (bicyclic) bond motifs is 3. The monoisotopic (exact) mass is 631 g/mol. The van der Waals surface area contributed by atoms with Gasteiger partial charge >= 0.3 is 5.97 Å². The number of terminal acetylenes is 1. The molecule has 0 radical (unpaired) electrons. The normalized spacial score (nSPS) is 32.8. The zero-order chi connectivity index (χ0) is 33.7. The number of nitrogens with zero attached hydrogens (tertiary/aromatic N) is 1. The highest BCUT2D eigenvalue weighted by Gasteiger charge is 2.47. The van der Waals surface area contributed by atoms with Crippen molar-refractivity contribution < 1.29 is 29.3 Å². The molecule has 3 aliphatic heterocycles. The van der Waals surface area contributed by atoms with Crippen molar-refractivity contribution in [3.8, 4) is 12.3 Å². The van der Waals surface area contributed by atoms with Crippen molar-refractivity contribution in [3.05, 3.63) is 65.2 Å². The molecule has 0 saturated carbocycles. The van der Waals surface area contributed by atoms with Crippen LogP contribution in [0.5, 0.6) is 0 Å². The van der Waals surface area contributed by atoms with E-state index in [9.17, 15) is 19.8 Å². The molecule has 1 amide bonds. The van der Waals surface area contributed by atoms with Crippen LogP contribution >= 0.6 is 0 Å². The minimum Gasteiger partial charge on any atom is -0.456 e. The topological polar surface area (TPSA) is 96.3 Å². The molecular weight excluding hydrogens is 578 g/mol. The SMILES string of the molecule is C#CC.CCC(Cc1ccccc1)C1C=C=C=C=CCC(C)C(O)C(C)C2CCC(C)C(O)(CC(=O)N3CCCCC3C(=O)O1)O2. The maximum absolute atomic E-state index is 13.8. The Kier molecular flexibility index (Phi) is 14.6. The van der Waals surface area contributed by atoms with E-state index in [1.165, 1.54) is 0 Å². The van der Waals surface area contributed by atoms with Crippen LogP contribution in [0.3, 0.4) is 0 Å². The molecule has 3 heterocycles. The number of cyclic esters (lactones) is 1. The Morgan fingerprint density at radius 2 is 1.83 bits per heavy atom. The lowest BCUT2D eigenvalue weighted by atomic mass is 9.80. The first kappa shape index (κ1) is 37.1. The number of ether oxygens (including phenoxy) is 2. The van der Waals surface area contributed by atoms with Gasteiger partial charge in [-0.1, -0.05) is 69.5 Å². The third-order valence-corrected chi connectivity index (χ3v) is 9.78. The predicted octanol–water partition coefficient (Wildman–Crippen LogP) is 6.14. The second kappa shape index (κ2) is 18.1. The van der Waals surface area contributed by atoms with Crippen molar-refractivity contribution in [1.82, 2.24) is 4.90 Å². The number of allylic oxidation sites excluding steroid dienone is 1.